The van der Waals surface area contributed by atoms with Crippen molar-refractivity contribution in [3.05, 3.63) is 57.7 Å². The van der Waals surface area contributed by atoms with E-state index in [0.717, 1.165) is 9.26 Å². The van der Waals surface area contributed by atoms with Crippen molar-refractivity contribution in [1.82, 2.24) is 5.43 Å². The van der Waals surface area contributed by atoms with Gasteiger partial charge in [0, 0.05) is 27.7 Å². The Hall–Kier alpha value is -2.42. The molecule has 0 aliphatic carbocycles. The number of rotatable bonds is 3. The van der Waals surface area contributed by atoms with Gasteiger partial charge in [-0.15, -0.1) is 0 Å². The Morgan fingerprint density at radius 1 is 1.08 bits per heavy atom. The number of carbonyl (C=O) groups excluding carboxylic acids is 3. The Kier molecular flexibility index (Phi) is 4.79. The molecular weight excluding hydrogens is 421 g/mol. The van der Waals surface area contributed by atoms with E-state index in [0.29, 0.717) is 11.3 Å². The van der Waals surface area contributed by atoms with Gasteiger partial charge in [-0.25, -0.2) is 5.01 Å². The van der Waals surface area contributed by atoms with Crippen LogP contribution < -0.4 is 15.8 Å². The van der Waals surface area contributed by atoms with E-state index >= 15 is 0 Å². The maximum absolute atomic E-state index is 12.3. The van der Waals surface area contributed by atoms with Gasteiger partial charge in [0.05, 0.1) is 5.69 Å². The Bertz CT molecular complexity index is 805. The molecule has 1 fully saturated rings. The van der Waals surface area contributed by atoms with E-state index in [1.807, 2.05) is 24.3 Å². The van der Waals surface area contributed by atoms with E-state index in [4.69, 9.17) is 0 Å². The van der Waals surface area contributed by atoms with E-state index in [2.05, 4.69) is 33.3 Å². The Morgan fingerprint density at radius 2 is 1.83 bits per heavy atom. The molecule has 0 spiro atoms. The maximum atomic E-state index is 12.3. The number of hydrogen-bond acceptors (Lipinski definition) is 3. The standard InChI is InChI=1S/C17H14IN3O3/c18-12-2-1-3-13(10-12)19-17(24)11-4-6-14(7-5-11)21-16(23)9-8-15(22)20-21/h1-7,10H,8-9H2,(H,19,24)(H,20,22). The van der Waals surface area contributed by atoms with Crippen molar-refractivity contribution in [3.63, 3.8) is 0 Å². The third-order valence-corrected chi connectivity index (χ3v) is 4.19. The molecule has 0 bridgehead atoms. The molecule has 1 saturated heterocycles. The molecule has 3 amide bonds. The van der Waals surface area contributed by atoms with E-state index in [-0.39, 0.29) is 30.6 Å². The highest BCUT2D eigenvalue weighted by molar-refractivity contribution is 14.1. The zero-order valence-electron chi connectivity index (χ0n) is 12.6. The van der Waals surface area contributed by atoms with Gasteiger partial charge in [-0.1, -0.05) is 6.07 Å². The number of halogens is 1. The summed E-state index contributed by atoms with van der Waals surface area (Å²) in [6, 6.07) is 14.0. The van der Waals surface area contributed by atoms with Crippen molar-refractivity contribution in [2.45, 2.75) is 12.8 Å². The Balaban J connectivity index is 1.73. The van der Waals surface area contributed by atoms with E-state index in [9.17, 15) is 14.4 Å². The number of nitrogens with one attached hydrogen (secondary N) is 2. The molecule has 2 aromatic rings. The van der Waals surface area contributed by atoms with Crippen molar-refractivity contribution in [2.24, 2.45) is 0 Å². The lowest BCUT2D eigenvalue weighted by atomic mass is 10.1. The topological polar surface area (TPSA) is 78.5 Å². The van der Waals surface area contributed by atoms with Crippen LogP contribution in [-0.4, -0.2) is 17.7 Å². The summed E-state index contributed by atoms with van der Waals surface area (Å²) in [5.41, 5.74) is 4.23. The van der Waals surface area contributed by atoms with Crippen molar-refractivity contribution in [2.75, 3.05) is 10.3 Å². The summed E-state index contributed by atoms with van der Waals surface area (Å²) in [5, 5.41) is 4.04. The van der Waals surface area contributed by atoms with E-state index < -0.39 is 0 Å². The molecule has 122 valence electrons. The molecule has 0 radical (unpaired) electrons. The van der Waals surface area contributed by atoms with Crippen LogP contribution in [-0.2, 0) is 9.59 Å². The predicted molar refractivity (Wildman–Crippen MR) is 98.4 cm³/mol. The average Bonchev–Trinajstić information content (AvgIpc) is 2.57. The highest BCUT2D eigenvalue weighted by atomic mass is 127. The quantitative estimate of drug-likeness (QED) is 0.728. The first-order valence-corrected chi connectivity index (χ1v) is 8.40. The van der Waals surface area contributed by atoms with Gasteiger partial charge in [-0.2, -0.15) is 0 Å². The van der Waals surface area contributed by atoms with Gasteiger partial charge in [0.2, 0.25) is 11.8 Å². The van der Waals surface area contributed by atoms with Gasteiger partial charge >= 0.3 is 0 Å². The summed E-state index contributed by atoms with van der Waals surface area (Å²) in [6.45, 7) is 0. The molecule has 6 nitrogen and oxygen atoms in total. The molecule has 7 heteroatoms. The van der Waals surface area contributed by atoms with Crippen molar-refractivity contribution in [1.29, 1.82) is 0 Å². The van der Waals surface area contributed by atoms with Gasteiger partial charge in [-0.05, 0) is 65.1 Å². The molecule has 2 N–H and O–H groups in total. The first-order valence-electron chi connectivity index (χ1n) is 7.32. The molecule has 0 aromatic heterocycles. The van der Waals surface area contributed by atoms with Gasteiger partial charge in [0.1, 0.15) is 0 Å². The van der Waals surface area contributed by atoms with Crippen LogP contribution in [0.5, 0.6) is 0 Å². The number of anilines is 2. The number of carbonyl (C=O) groups is 3. The molecule has 0 atom stereocenters. The van der Waals surface area contributed by atoms with E-state index in [1.165, 1.54) is 5.01 Å². The zero-order chi connectivity index (χ0) is 17.1. The number of hydrazine groups is 1. The lowest BCUT2D eigenvalue weighted by molar-refractivity contribution is -0.130. The number of nitrogens with zero attached hydrogens (tertiary/aromatic N) is 1. The molecule has 24 heavy (non-hydrogen) atoms. The minimum atomic E-state index is -0.238. The predicted octanol–water partition coefficient (Wildman–Crippen LogP) is 2.70. The Labute approximate surface area is 152 Å². The largest absolute Gasteiger partial charge is 0.322 e. The Morgan fingerprint density at radius 3 is 2.54 bits per heavy atom. The maximum Gasteiger partial charge on any atom is 0.255 e. The minimum Gasteiger partial charge on any atom is -0.322 e. The van der Waals surface area contributed by atoms with Crippen LogP contribution in [0.25, 0.3) is 0 Å². The van der Waals surface area contributed by atoms with Gasteiger partial charge in [0.25, 0.3) is 5.91 Å². The van der Waals surface area contributed by atoms with Crippen molar-refractivity contribution in [3.8, 4) is 0 Å². The monoisotopic (exact) mass is 435 g/mol. The number of benzene rings is 2. The fraction of sp³-hybridized carbons (Fsp3) is 0.118. The van der Waals surface area contributed by atoms with Crippen LogP contribution in [0.1, 0.15) is 23.2 Å². The molecule has 1 aliphatic heterocycles. The lowest BCUT2D eigenvalue weighted by Crippen LogP contribution is -2.50. The normalized spacial score (nSPS) is 14.3. The van der Waals surface area contributed by atoms with Crippen molar-refractivity contribution < 1.29 is 14.4 Å². The van der Waals surface area contributed by atoms with Crippen LogP contribution in [0.2, 0.25) is 0 Å². The summed E-state index contributed by atoms with van der Waals surface area (Å²) >= 11 is 2.18. The smallest absolute Gasteiger partial charge is 0.255 e. The molecule has 3 rings (SSSR count). The summed E-state index contributed by atoms with van der Waals surface area (Å²) in [7, 11) is 0. The van der Waals surface area contributed by atoms with Gasteiger partial charge in [0.15, 0.2) is 0 Å². The van der Waals surface area contributed by atoms with Crippen LogP contribution >= 0.6 is 22.6 Å². The highest BCUT2D eigenvalue weighted by Gasteiger charge is 2.24. The molecule has 1 aliphatic rings. The molecular formula is C17H14IN3O3. The first-order chi connectivity index (χ1) is 11.5. The summed E-state index contributed by atoms with van der Waals surface area (Å²) < 4.78 is 1.03. The van der Waals surface area contributed by atoms with E-state index in [1.54, 1.807) is 24.3 Å². The van der Waals surface area contributed by atoms with Crippen LogP contribution in [0.15, 0.2) is 48.5 Å². The molecule has 1 heterocycles. The fourth-order valence-electron chi connectivity index (χ4n) is 2.32. The fourth-order valence-corrected chi connectivity index (χ4v) is 2.86. The molecule has 2 aromatic carbocycles. The average molecular weight is 435 g/mol. The SMILES string of the molecule is O=C1CCC(=O)N(c2ccc(C(=O)Nc3cccc(I)c3)cc2)N1. The number of amides is 3. The summed E-state index contributed by atoms with van der Waals surface area (Å²) in [5.74, 6) is -0.613. The second kappa shape index (κ2) is 7.00. The number of hydrogen-bond donors (Lipinski definition) is 2. The zero-order valence-corrected chi connectivity index (χ0v) is 14.7. The summed E-state index contributed by atoms with van der Waals surface area (Å²) in [6.07, 6.45) is 0.381. The van der Waals surface area contributed by atoms with Gasteiger partial charge in [-0.3, -0.25) is 19.8 Å². The second-order valence-electron chi connectivity index (χ2n) is 5.28. The minimum absolute atomic E-state index is 0.175. The second-order valence-corrected chi connectivity index (χ2v) is 6.52. The van der Waals surface area contributed by atoms with Crippen LogP contribution in [0, 0.1) is 3.57 Å². The van der Waals surface area contributed by atoms with Crippen LogP contribution in [0.4, 0.5) is 11.4 Å². The van der Waals surface area contributed by atoms with Crippen molar-refractivity contribution >= 4 is 51.7 Å². The molecule has 0 saturated carbocycles. The van der Waals surface area contributed by atoms with Gasteiger partial charge < -0.3 is 5.32 Å². The summed E-state index contributed by atoms with van der Waals surface area (Å²) in [4.78, 5) is 35.6. The van der Waals surface area contributed by atoms with Crippen LogP contribution in [0.3, 0.4) is 0 Å². The molecule has 0 unspecified atom stereocenters. The first kappa shape index (κ1) is 16.4. The lowest BCUT2D eigenvalue weighted by Gasteiger charge is -2.27. The third kappa shape index (κ3) is 3.73. The highest BCUT2D eigenvalue weighted by Crippen LogP contribution is 2.19. The third-order valence-electron chi connectivity index (χ3n) is 3.52.